The van der Waals surface area contributed by atoms with E-state index >= 15 is 0 Å². The fourth-order valence-electron chi connectivity index (χ4n) is 1.82. The minimum Gasteiger partial charge on any atom is -0.478 e. The van der Waals surface area contributed by atoms with Crippen molar-refractivity contribution in [3.8, 4) is 0 Å². The molecule has 0 unspecified atom stereocenters. The molecule has 20 heavy (non-hydrogen) atoms. The molecule has 0 saturated carbocycles. The number of aromatic nitrogens is 1. The summed E-state index contributed by atoms with van der Waals surface area (Å²) in [7, 11) is 0. The fourth-order valence-corrected chi connectivity index (χ4v) is 1.82. The number of benzene rings is 1. The van der Waals surface area contributed by atoms with E-state index in [1.807, 2.05) is 6.07 Å². The third-order valence-corrected chi connectivity index (χ3v) is 2.78. The minimum atomic E-state index is -1.44. The smallest absolute Gasteiger partial charge is 0.338 e. The Balaban J connectivity index is 2.50. The molecule has 0 radical (unpaired) electrons. The number of carboxylic acids is 2. The molecule has 1 heterocycles. The Labute approximate surface area is 113 Å². The summed E-state index contributed by atoms with van der Waals surface area (Å²) >= 11 is 0. The summed E-state index contributed by atoms with van der Waals surface area (Å²) in [5, 5.41) is 17.9. The molecular weight excluding hydrogens is 262 g/mol. The highest BCUT2D eigenvalue weighted by Crippen LogP contribution is 2.08. The number of aromatic carboxylic acids is 2. The van der Waals surface area contributed by atoms with Crippen LogP contribution < -0.4 is 5.56 Å². The van der Waals surface area contributed by atoms with Crippen LogP contribution in [0.5, 0.6) is 0 Å². The molecule has 6 nitrogen and oxygen atoms in total. The van der Waals surface area contributed by atoms with E-state index in [1.54, 1.807) is 24.3 Å². The number of nitrogens with zero attached hydrogens (tertiary/aromatic N) is 1. The molecule has 0 bridgehead atoms. The van der Waals surface area contributed by atoms with E-state index in [1.165, 1.54) is 4.57 Å². The maximum Gasteiger partial charge on any atom is 0.338 e. The largest absolute Gasteiger partial charge is 0.478 e. The van der Waals surface area contributed by atoms with Crippen molar-refractivity contribution in [2.45, 2.75) is 6.54 Å². The predicted molar refractivity (Wildman–Crippen MR) is 70.2 cm³/mol. The molecule has 2 aromatic rings. The van der Waals surface area contributed by atoms with Crippen LogP contribution in [0.2, 0.25) is 0 Å². The van der Waals surface area contributed by atoms with E-state index < -0.39 is 28.6 Å². The third-order valence-electron chi connectivity index (χ3n) is 2.78. The molecule has 0 atom stereocenters. The molecular formula is C14H11NO5. The molecule has 1 aromatic carbocycles. The van der Waals surface area contributed by atoms with E-state index in [-0.39, 0.29) is 6.54 Å². The van der Waals surface area contributed by atoms with Crippen molar-refractivity contribution < 1.29 is 19.8 Å². The first-order valence-electron chi connectivity index (χ1n) is 5.74. The summed E-state index contributed by atoms with van der Waals surface area (Å²) in [6.45, 7) is 0.180. The maximum atomic E-state index is 11.8. The average molecular weight is 273 g/mol. The lowest BCUT2D eigenvalue weighted by Crippen LogP contribution is -2.24. The standard InChI is InChI=1S/C14H11NO5/c16-12-6-10(13(17)18)11(14(19)20)8-15(12)7-9-4-2-1-3-5-9/h1-6,8H,7H2,(H,17,18)(H,19,20). The SMILES string of the molecule is O=C(O)c1cc(=O)n(Cc2ccccc2)cc1C(=O)O. The lowest BCUT2D eigenvalue weighted by atomic mass is 10.1. The van der Waals surface area contributed by atoms with Gasteiger partial charge in [0.15, 0.2) is 0 Å². The Kier molecular flexibility index (Phi) is 3.65. The Morgan fingerprint density at radius 1 is 1.00 bits per heavy atom. The van der Waals surface area contributed by atoms with Crippen LogP contribution in [0, 0.1) is 0 Å². The zero-order chi connectivity index (χ0) is 14.7. The molecule has 0 aliphatic rings. The van der Waals surface area contributed by atoms with Crippen molar-refractivity contribution in [2.75, 3.05) is 0 Å². The Hall–Kier alpha value is -2.89. The lowest BCUT2D eigenvalue weighted by molar-refractivity contribution is 0.0650. The number of hydrogen-bond donors (Lipinski definition) is 2. The molecule has 2 rings (SSSR count). The second-order valence-electron chi connectivity index (χ2n) is 4.16. The molecule has 0 aliphatic carbocycles. The summed E-state index contributed by atoms with van der Waals surface area (Å²) in [6.07, 6.45) is 1.06. The van der Waals surface area contributed by atoms with Crippen LogP contribution in [0.15, 0.2) is 47.4 Å². The van der Waals surface area contributed by atoms with Gasteiger partial charge < -0.3 is 14.8 Å². The number of pyridine rings is 1. The molecule has 0 fully saturated rings. The van der Waals surface area contributed by atoms with Crippen LogP contribution in [0.4, 0.5) is 0 Å². The van der Waals surface area contributed by atoms with Crippen LogP contribution >= 0.6 is 0 Å². The molecule has 2 N–H and O–H groups in total. The van der Waals surface area contributed by atoms with Gasteiger partial charge in [-0.15, -0.1) is 0 Å². The van der Waals surface area contributed by atoms with E-state index in [0.717, 1.165) is 17.8 Å². The summed E-state index contributed by atoms with van der Waals surface area (Å²) < 4.78 is 1.17. The molecule has 1 aromatic heterocycles. The first-order valence-corrected chi connectivity index (χ1v) is 5.74. The maximum absolute atomic E-state index is 11.8. The van der Waals surface area contributed by atoms with Gasteiger partial charge in [0.2, 0.25) is 0 Å². The fraction of sp³-hybridized carbons (Fsp3) is 0.0714. The van der Waals surface area contributed by atoms with Crippen LogP contribution in [0.25, 0.3) is 0 Å². The number of hydrogen-bond acceptors (Lipinski definition) is 3. The summed E-state index contributed by atoms with van der Waals surface area (Å²) in [6, 6.07) is 9.82. The van der Waals surface area contributed by atoms with Gasteiger partial charge in [-0.3, -0.25) is 4.79 Å². The van der Waals surface area contributed by atoms with Crippen molar-refractivity contribution in [1.82, 2.24) is 4.57 Å². The molecule has 0 amide bonds. The van der Waals surface area contributed by atoms with Crippen LogP contribution in [0.1, 0.15) is 26.3 Å². The molecule has 0 saturated heterocycles. The molecule has 6 heteroatoms. The van der Waals surface area contributed by atoms with Gasteiger partial charge in [-0.1, -0.05) is 30.3 Å². The Morgan fingerprint density at radius 2 is 1.60 bits per heavy atom. The third kappa shape index (κ3) is 2.74. The van der Waals surface area contributed by atoms with Crippen molar-refractivity contribution >= 4 is 11.9 Å². The van der Waals surface area contributed by atoms with Crippen molar-refractivity contribution in [3.05, 3.63) is 69.6 Å². The highest BCUT2D eigenvalue weighted by Gasteiger charge is 2.18. The van der Waals surface area contributed by atoms with Gasteiger partial charge in [0, 0.05) is 12.3 Å². The number of rotatable bonds is 4. The number of carboxylic acid groups (broad SMARTS) is 2. The first kappa shape index (κ1) is 13.5. The van der Waals surface area contributed by atoms with Crippen LogP contribution in [-0.2, 0) is 6.54 Å². The van der Waals surface area contributed by atoms with E-state index in [2.05, 4.69) is 0 Å². The molecule has 0 spiro atoms. The van der Waals surface area contributed by atoms with Gasteiger partial charge >= 0.3 is 11.9 Å². The van der Waals surface area contributed by atoms with E-state index in [0.29, 0.717) is 0 Å². The van der Waals surface area contributed by atoms with Gasteiger partial charge in [-0.25, -0.2) is 9.59 Å². The highest BCUT2D eigenvalue weighted by atomic mass is 16.4. The van der Waals surface area contributed by atoms with Gasteiger partial charge in [0.05, 0.1) is 17.7 Å². The summed E-state index contributed by atoms with van der Waals surface area (Å²) in [5.41, 5.74) is -0.662. The highest BCUT2D eigenvalue weighted by molar-refractivity contribution is 6.01. The second-order valence-corrected chi connectivity index (χ2v) is 4.16. The molecule has 0 aliphatic heterocycles. The monoisotopic (exact) mass is 273 g/mol. The van der Waals surface area contributed by atoms with Gasteiger partial charge in [0.25, 0.3) is 5.56 Å². The topological polar surface area (TPSA) is 96.6 Å². The average Bonchev–Trinajstić information content (AvgIpc) is 2.41. The van der Waals surface area contributed by atoms with Gasteiger partial charge in [0.1, 0.15) is 0 Å². The minimum absolute atomic E-state index is 0.180. The van der Waals surface area contributed by atoms with Crippen LogP contribution in [0.3, 0.4) is 0 Å². The molecule has 102 valence electrons. The first-order chi connectivity index (χ1) is 9.49. The zero-order valence-electron chi connectivity index (χ0n) is 10.3. The summed E-state index contributed by atoms with van der Waals surface area (Å²) in [4.78, 5) is 33.8. The van der Waals surface area contributed by atoms with Crippen LogP contribution in [-0.4, -0.2) is 26.7 Å². The lowest BCUT2D eigenvalue weighted by Gasteiger charge is -2.08. The van der Waals surface area contributed by atoms with Gasteiger partial charge in [-0.2, -0.15) is 0 Å². The van der Waals surface area contributed by atoms with E-state index in [9.17, 15) is 14.4 Å². The van der Waals surface area contributed by atoms with E-state index in [4.69, 9.17) is 10.2 Å². The van der Waals surface area contributed by atoms with Crippen molar-refractivity contribution in [1.29, 1.82) is 0 Å². The van der Waals surface area contributed by atoms with Crippen molar-refractivity contribution in [3.63, 3.8) is 0 Å². The Bertz CT molecular complexity index is 718. The quantitative estimate of drug-likeness (QED) is 0.875. The number of carbonyl (C=O) groups is 2. The predicted octanol–water partition coefficient (Wildman–Crippen LogP) is 1.29. The zero-order valence-corrected chi connectivity index (χ0v) is 10.3. The normalized spacial score (nSPS) is 10.2. The summed E-state index contributed by atoms with van der Waals surface area (Å²) in [5.74, 6) is -2.82. The Morgan fingerprint density at radius 3 is 2.15 bits per heavy atom. The van der Waals surface area contributed by atoms with Crippen molar-refractivity contribution in [2.24, 2.45) is 0 Å². The van der Waals surface area contributed by atoms with Gasteiger partial charge in [-0.05, 0) is 5.56 Å². The second kappa shape index (κ2) is 5.40.